The SMILES string of the molecule is CC.CCC(CC(=O)NC)CC(C)C. The first kappa shape index (κ1) is 15.9. The molecule has 0 radical (unpaired) electrons. The van der Waals surface area contributed by atoms with Crippen LogP contribution in [-0.2, 0) is 4.79 Å². The number of hydrogen-bond donors (Lipinski definition) is 1. The molecule has 2 heteroatoms. The molecule has 1 atom stereocenters. The van der Waals surface area contributed by atoms with Gasteiger partial charge in [0.1, 0.15) is 0 Å². The smallest absolute Gasteiger partial charge is 0.220 e. The Kier molecular flexibility index (Phi) is 12.0. The maximum atomic E-state index is 11.1. The fraction of sp³-hybridized carbons (Fsp3) is 0.917. The van der Waals surface area contributed by atoms with Crippen molar-refractivity contribution in [2.24, 2.45) is 11.8 Å². The molecular weight excluding hydrogens is 174 g/mol. The van der Waals surface area contributed by atoms with Crippen molar-refractivity contribution < 1.29 is 4.79 Å². The molecule has 0 aliphatic rings. The van der Waals surface area contributed by atoms with Crippen molar-refractivity contribution in [1.82, 2.24) is 5.32 Å². The molecule has 0 spiro atoms. The van der Waals surface area contributed by atoms with E-state index in [-0.39, 0.29) is 5.91 Å². The number of carbonyl (C=O) groups is 1. The maximum absolute atomic E-state index is 11.1. The monoisotopic (exact) mass is 201 g/mol. The van der Waals surface area contributed by atoms with E-state index in [0.717, 1.165) is 12.8 Å². The third-order valence-electron chi connectivity index (χ3n) is 2.13. The molecule has 0 rings (SSSR count). The zero-order valence-corrected chi connectivity index (χ0v) is 10.7. The van der Waals surface area contributed by atoms with E-state index in [1.807, 2.05) is 13.8 Å². The van der Waals surface area contributed by atoms with Crippen molar-refractivity contribution in [1.29, 1.82) is 0 Å². The summed E-state index contributed by atoms with van der Waals surface area (Å²) in [6.45, 7) is 10.6. The molecule has 14 heavy (non-hydrogen) atoms. The van der Waals surface area contributed by atoms with Gasteiger partial charge in [-0.25, -0.2) is 0 Å². The summed E-state index contributed by atoms with van der Waals surface area (Å²) in [5, 5.41) is 2.66. The first-order valence-corrected chi connectivity index (χ1v) is 5.80. The van der Waals surface area contributed by atoms with Gasteiger partial charge in [-0.15, -0.1) is 0 Å². The van der Waals surface area contributed by atoms with Crippen LogP contribution in [0, 0.1) is 11.8 Å². The highest BCUT2D eigenvalue weighted by Gasteiger charge is 2.12. The van der Waals surface area contributed by atoms with E-state index < -0.39 is 0 Å². The lowest BCUT2D eigenvalue weighted by molar-refractivity contribution is -0.121. The summed E-state index contributed by atoms with van der Waals surface area (Å²) in [4.78, 5) is 11.1. The molecule has 0 aliphatic heterocycles. The van der Waals surface area contributed by atoms with Crippen molar-refractivity contribution in [3.63, 3.8) is 0 Å². The molecule has 2 nitrogen and oxygen atoms in total. The Morgan fingerprint density at radius 2 is 1.79 bits per heavy atom. The normalized spacial score (nSPS) is 11.6. The Morgan fingerprint density at radius 1 is 1.29 bits per heavy atom. The fourth-order valence-corrected chi connectivity index (χ4v) is 1.43. The summed E-state index contributed by atoms with van der Waals surface area (Å²) in [7, 11) is 1.70. The quantitative estimate of drug-likeness (QED) is 0.727. The number of rotatable bonds is 5. The van der Waals surface area contributed by atoms with E-state index in [1.165, 1.54) is 0 Å². The third kappa shape index (κ3) is 9.56. The number of amides is 1. The van der Waals surface area contributed by atoms with Crippen molar-refractivity contribution in [2.75, 3.05) is 7.05 Å². The van der Waals surface area contributed by atoms with E-state index in [4.69, 9.17) is 0 Å². The van der Waals surface area contributed by atoms with Crippen LogP contribution in [0.5, 0.6) is 0 Å². The fourth-order valence-electron chi connectivity index (χ4n) is 1.43. The molecule has 0 saturated carbocycles. The molecule has 0 bridgehead atoms. The van der Waals surface area contributed by atoms with Gasteiger partial charge in [-0.3, -0.25) is 4.79 Å². The zero-order chi connectivity index (χ0) is 11.6. The van der Waals surface area contributed by atoms with Crippen LogP contribution in [0.15, 0.2) is 0 Å². The van der Waals surface area contributed by atoms with Crippen LogP contribution in [0.25, 0.3) is 0 Å². The van der Waals surface area contributed by atoms with Gasteiger partial charge in [0.2, 0.25) is 5.91 Å². The molecule has 0 heterocycles. The van der Waals surface area contributed by atoms with E-state index >= 15 is 0 Å². The second-order valence-corrected chi connectivity index (χ2v) is 3.78. The average molecular weight is 201 g/mol. The third-order valence-corrected chi connectivity index (χ3v) is 2.13. The van der Waals surface area contributed by atoms with Crippen molar-refractivity contribution in [2.45, 2.75) is 53.9 Å². The molecule has 86 valence electrons. The van der Waals surface area contributed by atoms with E-state index in [2.05, 4.69) is 26.1 Å². The van der Waals surface area contributed by atoms with Crippen LogP contribution in [0.4, 0.5) is 0 Å². The number of hydrogen-bond acceptors (Lipinski definition) is 1. The summed E-state index contributed by atoms with van der Waals surface area (Å²) in [5.41, 5.74) is 0. The lowest BCUT2D eigenvalue weighted by Crippen LogP contribution is -2.21. The second-order valence-electron chi connectivity index (χ2n) is 3.78. The van der Waals surface area contributed by atoms with E-state index in [0.29, 0.717) is 18.3 Å². The molecule has 0 fully saturated rings. The predicted molar refractivity (Wildman–Crippen MR) is 63.3 cm³/mol. The molecule has 0 aliphatic carbocycles. The summed E-state index contributed by atoms with van der Waals surface area (Å²) < 4.78 is 0. The Bertz CT molecular complexity index is 132. The van der Waals surface area contributed by atoms with Crippen molar-refractivity contribution >= 4 is 5.91 Å². The Labute approximate surface area is 89.5 Å². The van der Waals surface area contributed by atoms with Gasteiger partial charge < -0.3 is 5.32 Å². The number of nitrogens with one attached hydrogen (secondary N) is 1. The predicted octanol–water partition coefficient (Wildman–Crippen LogP) is 3.22. The van der Waals surface area contributed by atoms with Crippen LogP contribution in [0.3, 0.4) is 0 Å². The standard InChI is InChI=1S/C10H21NO.C2H6/c1-5-9(6-8(2)3)7-10(12)11-4;1-2/h8-9H,5-7H2,1-4H3,(H,11,12);1-2H3. The summed E-state index contributed by atoms with van der Waals surface area (Å²) in [6.07, 6.45) is 2.95. The Balaban J connectivity index is 0. The van der Waals surface area contributed by atoms with Gasteiger partial charge in [0.05, 0.1) is 0 Å². The molecular formula is C12H27NO. The minimum Gasteiger partial charge on any atom is -0.359 e. The van der Waals surface area contributed by atoms with Gasteiger partial charge in [0.15, 0.2) is 0 Å². The Hall–Kier alpha value is -0.530. The highest BCUT2D eigenvalue weighted by molar-refractivity contribution is 5.75. The number of carbonyl (C=O) groups excluding carboxylic acids is 1. The minimum absolute atomic E-state index is 0.169. The van der Waals surface area contributed by atoms with Gasteiger partial charge in [-0.2, -0.15) is 0 Å². The first-order chi connectivity index (χ1) is 6.60. The summed E-state index contributed by atoms with van der Waals surface area (Å²) >= 11 is 0. The largest absolute Gasteiger partial charge is 0.359 e. The van der Waals surface area contributed by atoms with Crippen molar-refractivity contribution in [3.05, 3.63) is 0 Å². The second kappa shape index (κ2) is 10.6. The summed E-state index contributed by atoms with van der Waals surface area (Å²) in [5.74, 6) is 1.42. The van der Waals surface area contributed by atoms with E-state index in [1.54, 1.807) is 7.05 Å². The van der Waals surface area contributed by atoms with Crippen LogP contribution in [0.1, 0.15) is 53.9 Å². The van der Waals surface area contributed by atoms with Gasteiger partial charge in [-0.05, 0) is 18.3 Å². The van der Waals surface area contributed by atoms with Crippen molar-refractivity contribution in [3.8, 4) is 0 Å². The molecule has 0 aromatic heterocycles. The lowest BCUT2D eigenvalue weighted by atomic mass is 9.92. The van der Waals surface area contributed by atoms with Gasteiger partial charge in [0.25, 0.3) is 0 Å². The molecule has 0 aromatic carbocycles. The molecule has 1 amide bonds. The van der Waals surface area contributed by atoms with Crippen LogP contribution < -0.4 is 5.32 Å². The summed E-state index contributed by atoms with van der Waals surface area (Å²) in [6, 6.07) is 0. The first-order valence-electron chi connectivity index (χ1n) is 5.80. The van der Waals surface area contributed by atoms with Gasteiger partial charge >= 0.3 is 0 Å². The molecule has 1 N–H and O–H groups in total. The maximum Gasteiger partial charge on any atom is 0.220 e. The Morgan fingerprint density at radius 3 is 2.07 bits per heavy atom. The van der Waals surface area contributed by atoms with Gasteiger partial charge in [-0.1, -0.05) is 41.0 Å². The van der Waals surface area contributed by atoms with E-state index in [9.17, 15) is 4.79 Å². The molecule has 1 unspecified atom stereocenters. The highest BCUT2D eigenvalue weighted by atomic mass is 16.1. The van der Waals surface area contributed by atoms with Crippen LogP contribution >= 0.6 is 0 Å². The van der Waals surface area contributed by atoms with Crippen LogP contribution in [-0.4, -0.2) is 13.0 Å². The molecule has 0 aromatic rings. The lowest BCUT2D eigenvalue weighted by Gasteiger charge is -2.15. The van der Waals surface area contributed by atoms with Gasteiger partial charge in [0, 0.05) is 13.5 Å². The zero-order valence-electron chi connectivity index (χ0n) is 10.7. The average Bonchev–Trinajstić information content (AvgIpc) is 2.19. The van der Waals surface area contributed by atoms with Crippen LogP contribution in [0.2, 0.25) is 0 Å². The molecule has 0 saturated heterocycles. The topological polar surface area (TPSA) is 29.1 Å². The highest BCUT2D eigenvalue weighted by Crippen LogP contribution is 2.18. The minimum atomic E-state index is 0.169.